The Balaban J connectivity index is 2.12. The number of aromatic nitrogens is 2. The van der Waals surface area contributed by atoms with Crippen molar-refractivity contribution in [3.63, 3.8) is 0 Å². The van der Waals surface area contributed by atoms with Crippen LogP contribution in [0.25, 0.3) is 22.9 Å². The van der Waals surface area contributed by atoms with E-state index in [9.17, 15) is 19.1 Å². The zero-order chi connectivity index (χ0) is 22.7. The van der Waals surface area contributed by atoms with E-state index in [0.717, 1.165) is 21.2 Å². The first-order valence-corrected chi connectivity index (χ1v) is 10.5. The lowest BCUT2D eigenvalue weighted by Crippen LogP contribution is -2.14. The van der Waals surface area contributed by atoms with Gasteiger partial charge >= 0.3 is 5.97 Å². The van der Waals surface area contributed by atoms with Crippen LogP contribution in [0.5, 0.6) is 0 Å². The van der Waals surface area contributed by atoms with Gasteiger partial charge in [-0.05, 0) is 63.8 Å². The number of Topliss-reactive ketones (excluding diaryl/α,β-unsaturated/α-hetero) is 1. The summed E-state index contributed by atoms with van der Waals surface area (Å²) in [5.74, 6) is -2.05. The lowest BCUT2D eigenvalue weighted by Gasteiger charge is -2.17. The van der Waals surface area contributed by atoms with Gasteiger partial charge in [0.25, 0.3) is 0 Å². The number of carboxylic acid groups (broad SMARTS) is 1. The Labute approximate surface area is 187 Å². The van der Waals surface area contributed by atoms with Crippen LogP contribution in [0.2, 0.25) is 0 Å². The average Bonchev–Trinajstić information content (AvgIpc) is 3.05. The molecule has 0 aliphatic carbocycles. The number of fused-ring (bicyclic) bond motifs is 1. The molecule has 8 heteroatoms. The summed E-state index contributed by atoms with van der Waals surface area (Å²) in [6.07, 6.45) is 1.10. The van der Waals surface area contributed by atoms with Gasteiger partial charge in [0, 0.05) is 17.5 Å². The van der Waals surface area contributed by atoms with E-state index in [-0.39, 0.29) is 18.2 Å². The van der Waals surface area contributed by atoms with Crippen LogP contribution in [-0.2, 0) is 9.59 Å². The van der Waals surface area contributed by atoms with Gasteiger partial charge in [0.1, 0.15) is 22.6 Å². The largest absolute Gasteiger partial charge is 0.481 e. The molecule has 0 radical (unpaired) electrons. The molecule has 0 spiro atoms. The number of aliphatic carboxylic acids is 1. The van der Waals surface area contributed by atoms with Crippen molar-refractivity contribution >= 4 is 39.3 Å². The summed E-state index contributed by atoms with van der Waals surface area (Å²) in [6.45, 7) is 4.07. The molecule has 1 unspecified atom stereocenters. The molecule has 0 bridgehead atoms. The third-order valence-electron chi connectivity index (χ3n) is 4.80. The fourth-order valence-corrected chi connectivity index (χ4v) is 3.88. The highest BCUT2D eigenvalue weighted by atomic mass is 79.9. The van der Waals surface area contributed by atoms with Gasteiger partial charge in [0.2, 0.25) is 0 Å². The van der Waals surface area contributed by atoms with Gasteiger partial charge in [-0.3, -0.25) is 9.59 Å². The number of hydrogen-bond donors (Lipinski definition) is 2. The van der Waals surface area contributed by atoms with Crippen LogP contribution in [0, 0.1) is 5.82 Å². The summed E-state index contributed by atoms with van der Waals surface area (Å²) in [7, 11) is 0. The summed E-state index contributed by atoms with van der Waals surface area (Å²) in [4.78, 5) is 22.4. The lowest BCUT2D eigenvalue weighted by atomic mass is 9.93. The first kappa shape index (κ1) is 22.8. The second-order valence-electron chi connectivity index (χ2n) is 7.53. The Kier molecular flexibility index (Phi) is 7.02. The van der Waals surface area contributed by atoms with E-state index >= 15 is 0 Å². The number of rotatable bonds is 8. The number of halogens is 2. The third kappa shape index (κ3) is 5.26. The van der Waals surface area contributed by atoms with Crippen molar-refractivity contribution in [2.75, 3.05) is 0 Å². The first-order chi connectivity index (χ1) is 14.7. The molecule has 0 saturated carbocycles. The molecule has 6 nitrogen and oxygen atoms in total. The number of carboxylic acids is 1. The number of carbonyl (C=O) groups is 2. The molecule has 0 aliphatic rings. The number of carbonyl (C=O) groups excluding carboxylic acids is 1. The minimum Gasteiger partial charge on any atom is -0.481 e. The van der Waals surface area contributed by atoms with Crippen molar-refractivity contribution in [3.8, 4) is 11.3 Å². The predicted octanol–water partition coefficient (Wildman–Crippen LogP) is 4.83. The van der Waals surface area contributed by atoms with Gasteiger partial charge in [0.15, 0.2) is 0 Å². The molecule has 0 amide bonds. The average molecular weight is 489 g/mol. The van der Waals surface area contributed by atoms with E-state index in [1.54, 1.807) is 22.7 Å². The summed E-state index contributed by atoms with van der Waals surface area (Å²) < 4.78 is 16.0. The van der Waals surface area contributed by atoms with Crippen LogP contribution in [-0.4, -0.2) is 37.7 Å². The molecule has 31 heavy (non-hydrogen) atoms. The molecule has 3 aromatic rings. The van der Waals surface area contributed by atoms with E-state index in [2.05, 4.69) is 15.9 Å². The number of benzene rings is 1. The summed E-state index contributed by atoms with van der Waals surface area (Å²) >= 11 is 3.50. The SMILES string of the molecule is CC(C)c1c(C=CC(O)CC(=O)CC(=O)O)c(-c2ccc(F)cc2)nn2c(Br)ccc12. The Morgan fingerprint density at radius 3 is 2.48 bits per heavy atom. The van der Waals surface area contributed by atoms with Crippen molar-refractivity contribution < 1.29 is 24.2 Å². The molecule has 3 rings (SSSR count). The van der Waals surface area contributed by atoms with E-state index < -0.39 is 24.3 Å². The third-order valence-corrected chi connectivity index (χ3v) is 5.40. The minimum atomic E-state index is -1.23. The van der Waals surface area contributed by atoms with E-state index in [0.29, 0.717) is 11.3 Å². The van der Waals surface area contributed by atoms with Crippen LogP contribution in [0.15, 0.2) is 47.1 Å². The second-order valence-corrected chi connectivity index (χ2v) is 8.34. The molecule has 2 N–H and O–H groups in total. The zero-order valence-electron chi connectivity index (χ0n) is 17.0. The maximum absolute atomic E-state index is 13.5. The standard InChI is InChI=1S/C23H22BrFN2O4/c1-13(2)22-18(8-7-16(28)11-17(29)12-21(30)31)23(14-3-5-15(25)6-4-14)26-27-19(22)9-10-20(27)24/h3-10,13,16,28H,11-12H2,1-2H3,(H,30,31). The molecule has 1 aromatic carbocycles. The molecule has 0 fully saturated rings. The van der Waals surface area contributed by atoms with Crippen molar-refractivity contribution in [1.29, 1.82) is 0 Å². The summed E-state index contributed by atoms with van der Waals surface area (Å²) in [5, 5.41) is 23.7. The molecule has 2 heterocycles. The van der Waals surface area contributed by atoms with Gasteiger partial charge < -0.3 is 10.2 Å². The van der Waals surface area contributed by atoms with E-state index in [1.807, 2.05) is 26.0 Å². The zero-order valence-corrected chi connectivity index (χ0v) is 18.6. The van der Waals surface area contributed by atoms with Crippen molar-refractivity contribution in [2.24, 2.45) is 0 Å². The van der Waals surface area contributed by atoms with Crippen molar-refractivity contribution in [3.05, 3.63) is 64.0 Å². The van der Waals surface area contributed by atoms with Gasteiger partial charge in [-0.1, -0.05) is 26.0 Å². The van der Waals surface area contributed by atoms with Gasteiger partial charge in [-0.15, -0.1) is 0 Å². The normalized spacial score (nSPS) is 12.7. The van der Waals surface area contributed by atoms with E-state index in [4.69, 9.17) is 10.2 Å². The highest BCUT2D eigenvalue weighted by Crippen LogP contribution is 2.34. The number of hydrogen-bond acceptors (Lipinski definition) is 4. The number of aliphatic hydroxyl groups is 1. The van der Waals surface area contributed by atoms with Gasteiger partial charge in [-0.2, -0.15) is 5.10 Å². The Bertz CT molecular complexity index is 1150. The lowest BCUT2D eigenvalue weighted by molar-refractivity contribution is -0.140. The maximum atomic E-state index is 13.5. The van der Waals surface area contributed by atoms with Crippen LogP contribution >= 0.6 is 15.9 Å². The molecular formula is C23H22BrFN2O4. The highest BCUT2D eigenvalue weighted by Gasteiger charge is 2.19. The topological polar surface area (TPSA) is 91.9 Å². The Morgan fingerprint density at radius 1 is 1.19 bits per heavy atom. The van der Waals surface area contributed by atoms with Crippen molar-refractivity contribution in [2.45, 2.75) is 38.7 Å². The Morgan fingerprint density at radius 2 is 1.87 bits per heavy atom. The minimum absolute atomic E-state index is 0.0944. The second kappa shape index (κ2) is 9.53. The van der Waals surface area contributed by atoms with Gasteiger partial charge in [0.05, 0.1) is 17.3 Å². The first-order valence-electron chi connectivity index (χ1n) is 9.74. The predicted molar refractivity (Wildman–Crippen MR) is 119 cm³/mol. The van der Waals surface area contributed by atoms with Crippen LogP contribution in [0.1, 0.15) is 43.7 Å². The maximum Gasteiger partial charge on any atom is 0.310 e. The fraction of sp³-hybridized carbons (Fsp3) is 0.261. The molecular weight excluding hydrogens is 467 g/mol. The highest BCUT2D eigenvalue weighted by molar-refractivity contribution is 9.10. The summed E-state index contributed by atoms with van der Waals surface area (Å²) in [6, 6.07) is 9.80. The Hall–Kier alpha value is -2.84. The molecule has 162 valence electrons. The number of aliphatic hydroxyl groups excluding tert-OH is 1. The summed E-state index contributed by atoms with van der Waals surface area (Å²) in [5.41, 5.74) is 3.88. The molecule has 0 saturated heterocycles. The molecule has 0 aliphatic heterocycles. The smallest absolute Gasteiger partial charge is 0.310 e. The van der Waals surface area contributed by atoms with Gasteiger partial charge in [-0.25, -0.2) is 8.91 Å². The van der Waals surface area contributed by atoms with Crippen LogP contribution in [0.4, 0.5) is 4.39 Å². The van der Waals surface area contributed by atoms with E-state index in [1.165, 1.54) is 18.2 Å². The number of nitrogens with zero attached hydrogens (tertiary/aromatic N) is 2. The quantitative estimate of drug-likeness (QED) is 0.442. The van der Waals surface area contributed by atoms with Crippen molar-refractivity contribution in [1.82, 2.24) is 9.61 Å². The molecule has 2 aromatic heterocycles. The fourth-order valence-electron chi connectivity index (χ4n) is 3.47. The van der Waals surface area contributed by atoms with Crippen LogP contribution in [0.3, 0.4) is 0 Å². The monoisotopic (exact) mass is 488 g/mol. The number of ketones is 1. The van der Waals surface area contributed by atoms with Crippen LogP contribution < -0.4 is 0 Å². The molecule has 1 atom stereocenters.